The minimum Gasteiger partial charge on any atom is -0.479 e. The Labute approximate surface area is 111 Å². The number of aromatic nitrogens is 2. The Kier molecular flexibility index (Phi) is 3.61. The minimum absolute atomic E-state index is 0.267. The summed E-state index contributed by atoms with van der Waals surface area (Å²) in [7, 11) is 1.46. The lowest BCUT2D eigenvalue weighted by atomic mass is 10.3. The molecule has 7 heteroatoms. The van der Waals surface area contributed by atoms with Crippen molar-refractivity contribution in [3.63, 3.8) is 0 Å². The number of nitrogens with one attached hydrogen (secondary N) is 1. The Morgan fingerprint density at radius 3 is 2.83 bits per heavy atom. The zero-order valence-electron chi connectivity index (χ0n) is 9.45. The first kappa shape index (κ1) is 12.6. The number of hydrogen-bond donors (Lipinski definition) is 2. The van der Waals surface area contributed by atoms with E-state index in [4.69, 9.17) is 10.5 Å². The van der Waals surface area contributed by atoms with Gasteiger partial charge in [-0.05, 0) is 34.1 Å². The zero-order chi connectivity index (χ0) is 13.1. The maximum absolute atomic E-state index is 13.4. The van der Waals surface area contributed by atoms with Gasteiger partial charge in [-0.2, -0.15) is 4.98 Å². The van der Waals surface area contributed by atoms with Crippen LogP contribution in [0, 0.1) is 5.82 Å². The van der Waals surface area contributed by atoms with Crippen molar-refractivity contribution in [3.8, 4) is 5.88 Å². The van der Waals surface area contributed by atoms with E-state index < -0.39 is 0 Å². The normalized spacial score (nSPS) is 10.2. The molecule has 0 aliphatic heterocycles. The molecule has 2 rings (SSSR count). The van der Waals surface area contributed by atoms with Gasteiger partial charge in [-0.25, -0.2) is 9.37 Å². The van der Waals surface area contributed by atoms with E-state index in [2.05, 4.69) is 31.2 Å². The van der Waals surface area contributed by atoms with Crippen LogP contribution in [0.2, 0.25) is 0 Å². The van der Waals surface area contributed by atoms with E-state index in [-0.39, 0.29) is 17.4 Å². The fourth-order valence-electron chi connectivity index (χ4n) is 1.35. The lowest BCUT2D eigenvalue weighted by molar-refractivity contribution is 0.399. The number of methoxy groups -OCH3 is 1. The van der Waals surface area contributed by atoms with Crippen LogP contribution in [0.15, 0.2) is 29.0 Å². The summed E-state index contributed by atoms with van der Waals surface area (Å²) >= 11 is 3.08. The van der Waals surface area contributed by atoms with E-state index in [1.807, 2.05) is 0 Å². The van der Waals surface area contributed by atoms with Crippen molar-refractivity contribution >= 4 is 33.1 Å². The molecule has 3 N–H and O–H groups in total. The van der Waals surface area contributed by atoms with Gasteiger partial charge in [0.1, 0.15) is 17.8 Å². The van der Waals surface area contributed by atoms with Crippen LogP contribution in [0.1, 0.15) is 0 Å². The molecule has 18 heavy (non-hydrogen) atoms. The number of nitrogen functional groups attached to an aromatic ring is 1. The topological polar surface area (TPSA) is 73.1 Å². The predicted molar refractivity (Wildman–Crippen MR) is 70.4 cm³/mol. The van der Waals surface area contributed by atoms with E-state index in [0.717, 1.165) is 0 Å². The number of anilines is 3. The average Bonchev–Trinajstić information content (AvgIpc) is 2.36. The van der Waals surface area contributed by atoms with Gasteiger partial charge in [0, 0.05) is 5.69 Å². The summed E-state index contributed by atoms with van der Waals surface area (Å²) in [4.78, 5) is 7.82. The number of ether oxygens (including phenoxy) is 1. The average molecular weight is 313 g/mol. The molecule has 0 spiro atoms. The second-order valence-corrected chi connectivity index (χ2v) is 4.25. The number of benzene rings is 1. The summed E-state index contributed by atoms with van der Waals surface area (Å²) in [5.41, 5.74) is 6.59. The molecule has 0 radical (unpaired) electrons. The Hall–Kier alpha value is -1.89. The number of hydrogen-bond acceptors (Lipinski definition) is 5. The maximum Gasteiger partial charge on any atom is 0.242 e. The Balaban J connectivity index is 2.31. The van der Waals surface area contributed by atoms with Gasteiger partial charge in [0.05, 0.1) is 11.6 Å². The highest BCUT2D eigenvalue weighted by Crippen LogP contribution is 2.28. The van der Waals surface area contributed by atoms with Crippen LogP contribution in [0.3, 0.4) is 0 Å². The van der Waals surface area contributed by atoms with E-state index in [9.17, 15) is 4.39 Å². The molecule has 0 bridgehead atoms. The predicted octanol–water partition coefficient (Wildman–Crippen LogP) is 2.71. The minimum atomic E-state index is -0.375. The summed E-state index contributed by atoms with van der Waals surface area (Å²) in [6.07, 6.45) is 1.31. The molecule has 0 aliphatic carbocycles. The smallest absolute Gasteiger partial charge is 0.242 e. The van der Waals surface area contributed by atoms with Crippen LogP contribution in [0.4, 0.5) is 21.6 Å². The van der Waals surface area contributed by atoms with Crippen LogP contribution in [-0.4, -0.2) is 17.1 Å². The van der Waals surface area contributed by atoms with Crippen LogP contribution in [0.25, 0.3) is 0 Å². The number of nitrogens with two attached hydrogens (primary N) is 1. The monoisotopic (exact) mass is 312 g/mol. The summed E-state index contributed by atoms with van der Waals surface area (Å²) in [5, 5.41) is 2.90. The van der Waals surface area contributed by atoms with Crippen molar-refractivity contribution in [2.45, 2.75) is 0 Å². The number of nitrogens with zero attached hydrogens (tertiary/aromatic N) is 2. The standard InChI is InChI=1S/C11H10BrFN4O/c1-18-11-9(14)10(15-5-16-11)17-6-2-3-7(12)8(13)4-6/h2-5H,14H2,1H3,(H,15,16,17). The van der Waals surface area contributed by atoms with E-state index >= 15 is 0 Å². The van der Waals surface area contributed by atoms with Crippen molar-refractivity contribution in [3.05, 3.63) is 34.8 Å². The zero-order valence-corrected chi connectivity index (χ0v) is 11.0. The van der Waals surface area contributed by atoms with Gasteiger partial charge in [-0.1, -0.05) is 0 Å². The van der Waals surface area contributed by atoms with Crippen LogP contribution < -0.4 is 15.8 Å². The fraction of sp³-hybridized carbons (Fsp3) is 0.0909. The number of rotatable bonds is 3. The van der Waals surface area contributed by atoms with Crippen molar-refractivity contribution in [1.29, 1.82) is 0 Å². The molecular formula is C11H10BrFN4O. The van der Waals surface area contributed by atoms with Gasteiger partial charge in [0.2, 0.25) is 5.88 Å². The van der Waals surface area contributed by atoms with Gasteiger partial charge < -0.3 is 15.8 Å². The Bertz CT molecular complexity index is 579. The van der Waals surface area contributed by atoms with Crippen LogP contribution in [0.5, 0.6) is 5.88 Å². The Morgan fingerprint density at radius 2 is 2.17 bits per heavy atom. The molecule has 5 nitrogen and oxygen atoms in total. The van der Waals surface area contributed by atoms with Crippen LogP contribution >= 0.6 is 15.9 Å². The van der Waals surface area contributed by atoms with Gasteiger partial charge in [0.15, 0.2) is 5.82 Å². The SMILES string of the molecule is COc1ncnc(Nc2ccc(Br)c(F)c2)c1N. The van der Waals surface area contributed by atoms with E-state index in [1.54, 1.807) is 12.1 Å². The molecule has 1 heterocycles. The number of halogens is 2. The molecule has 1 aromatic heterocycles. The molecule has 94 valence electrons. The molecule has 0 amide bonds. The third-order valence-corrected chi connectivity index (χ3v) is 2.87. The molecule has 0 fully saturated rings. The van der Waals surface area contributed by atoms with Crippen molar-refractivity contribution in [1.82, 2.24) is 9.97 Å². The van der Waals surface area contributed by atoms with Gasteiger partial charge in [0.25, 0.3) is 0 Å². The molecule has 0 unspecified atom stereocenters. The second-order valence-electron chi connectivity index (χ2n) is 3.40. The van der Waals surface area contributed by atoms with Gasteiger partial charge in [-0.3, -0.25) is 0 Å². The first-order chi connectivity index (χ1) is 8.61. The fourth-order valence-corrected chi connectivity index (χ4v) is 1.60. The molecular weight excluding hydrogens is 303 g/mol. The van der Waals surface area contributed by atoms with Crippen molar-refractivity contribution < 1.29 is 9.13 Å². The third-order valence-electron chi connectivity index (χ3n) is 2.22. The molecule has 0 saturated heterocycles. The quantitative estimate of drug-likeness (QED) is 0.911. The molecule has 0 atom stereocenters. The Morgan fingerprint density at radius 1 is 1.39 bits per heavy atom. The molecule has 2 aromatic rings. The van der Waals surface area contributed by atoms with E-state index in [0.29, 0.717) is 16.0 Å². The maximum atomic E-state index is 13.4. The highest BCUT2D eigenvalue weighted by Gasteiger charge is 2.09. The lowest BCUT2D eigenvalue weighted by Gasteiger charge is -2.10. The molecule has 0 saturated carbocycles. The first-order valence-electron chi connectivity index (χ1n) is 4.98. The van der Waals surface area contributed by atoms with Crippen LogP contribution in [-0.2, 0) is 0 Å². The summed E-state index contributed by atoms with van der Waals surface area (Å²) < 4.78 is 18.7. The van der Waals surface area contributed by atoms with E-state index in [1.165, 1.54) is 19.5 Å². The lowest BCUT2D eigenvalue weighted by Crippen LogP contribution is -2.03. The van der Waals surface area contributed by atoms with Crippen molar-refractivity contribution in [2.75, 3.05) is 18.2 Å². The van der Waals surface area contributed by atoms with Crippen molar-refractivity contribution in [2.24, 2.45) is 0 Å². The summed E-state index contributed by atoms with van der Waals surface area (Å²) in [6, 6.07) is 4.62. The largest absolute Gasteiger partial charge is 0.479 e. The molecule has 1 aromatic carbocycles. The van der Waals surface area contributed by atoms with Gasteiger partial charge >= 0.3 is 0 Å². The summed E-state index contributed by atoms with van der Waals surface area (Å²) in [5.74, 6) is 0.258. The third kappa shape index (κ3) is 2.51. The first-order valence-corrected chi connectivity index (χ1v) is 5.77. The van der Waals surface area contributed by atoms with Gasteiger partial charge in [-0.15, -0.1) is 0 Å². The second kappa shape index (κ2) is 5.18. The summed E-state index contributed by atoms with van der Waals surface area (Å²) in [6.45, 7) is 0. The highest BCUT2D eigenvalue weighted by atomic mass is 79.9. The molecule has 0 aliphatic rings. The highest BCUT2D eigenvalue weighted by molar-refractivity contribution is 9.10.